The molecule has 0 saturated carbocycles. The molecule has 0 bridgehead atoms. The smallest absolute Gasteiger partial charge is 0.391 e. The van der Waals surface area contributed by atoms with Gasteiger partial charge < -0.3 is 29.0 Å². The number of hydrogen-bond donors (Lipinski definition) is 2. The fraction of sp³-hybridized carbons (Fsp3) is 0.667. The molecule has 9 heteroatoms. The number of carbonyl (C=O) groups is 2. The van der Waals surface area contributed by atoms with Crippen LogP contribution in [0, 0.1) is 0 Å². The fourth-order valence-electron chi connectivity index (χ4n) is 6.11. The van der Waals surface area contributed by atoms with Crippen LogP contribution in [-0.2, 0) is 22.4 Å². The van der Waals surface area contributed by atoms with E-state index in [4.69, 9.17) is 4.52 Å². The first-order valence-corrected chi connectivity index (χ1v) is 18.9. The van der Waals surface area contributed by atoms with E-state index in [2.05, 4.69) is 19.9 Å². The van der Waals surface area contributed by atoms with E-state index in [-0.39, 0.29) is 11.6 Å². The second kappa shape index (κ2) is 18.7. The van der Waals surface area contributed by atoms with Crippen LogP contribution in [-0.4, -0.2) is 75.3 Å². The number of carbonyl (C=O) groups excluding carboxylic acids is 2. The predicted octanol–water partition coefficient (Wildman–Crippen LogP) is 7.04. The molecule has 0 atom stereocenters. The van der Waals surface area contributed by atoms with Crippen molar-refractivity contribution >= 4 is 20.2 Å². The molecule has 4 aliphatic rings. The molecular formula is C36H56N3O5P. The molecule has 0 aromatic heterocycles. The fourth-order valence-corrected chi connectivity index (χ4v) is 6.46. The first kappa shape index (κ1) is 35.4. The Morgan fingerprint density at radius 2 is 1.18 bits per heavy atom. The Morgan fingerprint density at radius 1 is 0.667 bits per heavy atom. The number of allylic oxidation sites excluding steroid dienone is 1. The molecular weight excluding hydrogens is 585 g/mol. The zero-order chi connectivity index (χ0) is 32.0. The van der Waals surface area contributed by atoms with Crippen LogP contribution in [0.2, 0.25) is 0 Å². The molecule has 3 fully saturated rings. The number of ketones is 2. The lowest BCUT2D eigenvalue weighted by Gasteiger charge is -2.21. The van der Waals surface area contributed by atoms with Crippen LogP contribution < -0.4 is 4.52 Å². The van der Waals surface area contributed by atoms with Gasteiger partial charge in [-0.1, -0.05) is 103 Å². The SMILES string of the molecule is CCCCCCCCCc1cccc(OP(O)O)c1CCCCCCCCC.O=C1C=C(N2CC2)C(=O)C(N2CC2)=C1N1CC1. The molecule has 3 saturated heterocycles. The van der Waals surface area contributed by atoms with E-state index in [1.807, 2.05) is 26.8 Å². The van der Waals surface area contributed by atoms with Crippen LogP contribution in [0.15, 0.2) is 41.4 Å². The topological polar surface area (TPSA) is 92.9 Å². The third-order valence-corrected chi connectivity index (χ3v) is 9.34. The van der Waals surface area contributed by atoms with Crippen molar-refractivity contribution in [3.05, 3.63) is 52.5 Å². The Balaban J connectivity index is 0.000000227. The lowest BCUT2D eigenvalue weighted by atomic mass is 9.95. The molecule has 0 amide bonds. The van der Waals surface area contributed by atoms with Crippen molar-refractivity contribution < 1.29 is 23.9 Å². The van der Waals surface area contributed by atoms with Crippen molar-refractivity contribution in [2.24, 2.45) is 0 Å². The Labute approximate surface area is 272 Å². The summed E-state index contributed by atoms with van der Waals surface area (Å²) < 4.78 is 5.34. The second-order valence-corrected chi connectivity index (χ2v) is 13.5. The molecule has 5 rings (SSSR count). The average Bonchev–Trinajstić information content (AvgIpc) is 3.86. The minimum Gasteiger partial charge on any atom is -0.427 e. The Hall–Kier alpha value is -2.41. The average molecular weight is 642 g/mol. The highest BCUT2D eigenvalue weighted by Gasteiger charge is 2.43. The summed E-state index contributed by atoms with van der Waals surface area (Å²) >= 11 is 0. The van der Waals surface area contributed by atoms with Crippen LogP contribution in [0.4, 0.5) is 0 Å². The van der Waals surface area contributed by atoms with Crippen LogP contribution in [0.1, 0.15) is 115 Å². The van der Waals surface area contributed by atoms with Crippen molar-refractivity contribution in [1.82, 2.24) is 14.7 Å². The number of aryl methyl sites for hydroxylation is 1. The summed E-state index contributed by atoms with van der Waals surface area (Å²) in [7, 11) is -2.36. The monoisotopic (exact) mass is 641 g/mol. The molecule has 0 spiro atoms. The number of benzene rings is 1. The molecule has 2 N–H and O–H groups in total. The van der Waals surface area contributed by atoms with E-state index in [9.17, 15) is 19.4 Å². The summed E-state index contributed by atoms with van der Waals surface area (Å²) in [6.07, 6.45) is 21.7. The number of rotatable bonds is 21. The number of Topliss-reactive ketones (excluding diaryl/α,β-unsaturated/α-hetero) is 1. The van der Waals surface area contributed by atoms with Gasteiger partial charge in [-0.25, -0.2) is 0 Å². The summed E-state index contributed by atoms with van der Waals surface area (Å²) in [5.74, 6) is 0.718. The first-order valence-electron chi connectivity index (χ1n) is 17.7. The number of hydrogen-bond acceptors (Lipinski definition) is 8. The van der Waals surface area contributed by atoms with Gasteiger partial charge in [-0.15, -0.1) is 0 Å². The summed E-state index contributed by atoms with van der Waals surface area (Å²) in [5, 5.41) is 0. The summed E-state index contributed by atoms with van der Waals surface area (Å²) in [4.78, 5) is 49.1. The van der Waals surface area contributed by atoms with Crippen molar-refractivity contribution in [3.63, 3.8) is 0 Å². The maximum atomic E-state index is 12.4. The van der Waals surface area contributed by atoms with Crippen molar-refractivity contribution in [2.45, 2.75) is 117 Å². The van der Waals surface area contributed by atoms with Gasteiger partial charge in [0.15, 0.2) is 0 Å². The molecule has 3 aliphatic heterocycles. The van der Waals surface area contributed by atoms with Crippen molar-refractivity contribution in [3.8, 4) is 5.75 Å². The van der Waals surface area contributed by atoms with Crippen LogP contribution >= 0.6 is 8.60 Å². The normalized spacial score (nSPS) is 17.1. The van der Waals surface area contributed by atoms with E-state index in [0.29, 0.717) is 22.8 Å². The summed E-state index contributed by atoms with van der Waals surface area (Å²) in [6, 6.07) is 6.06. The minimum absolute atomic E-state index is 0.00546. The van der Waals surface area contributed by atoms with Crippen LogP contribution in [0.25, 0.3) is 0 Å². The maximum absolute atomic E-state index is 12.4. The van der Waals surface area contributed by atoms with Crippen LogP contribution in [0.5, 0.6) is 5.75 Å². The Bertz CT molecular complexity index is 1170. The lowest BCUT2D eigenvalue weighted by molar-refractivity contribution is -0.117. The molecule has 0 radical (unpaired) electrons. The standard InChI is InChI=1S/C24H43O3P.C12H13N3O2/c1-3-5-7-9-11-13-15-18-22-19-17-21-24(27-28(25)26)23(22)20-16-14-12-10-8-6-4-2;16-9-7-8(13-1-2-13)12(17)11(15-5-6-15)10(9)14-3-4-14/h17,19,21,25-26H,3-16,18,20H2,1-2H3;7H,1-6H2. The summed E-state index contributed by atoms with van der Waals surface area (Å²) in [5.41, 5.74) is 4.41. The number of unbranched alkanes of at least 4 members (excludes halogenated alkanes) is 12. The van der Waals surface area contributed by atoms with E-state index in [1.165, 1.54) is 101 Å². The van der Waals surface area contributed by atoms with Gasteiger partial charge in [-0.2, -0.15) is 0 Å². The first-order chi connectivity index (χ1) is 21.9. The molecule has 250 valence electrons. The zero-order valence-electron chi connectivity index (χ0n) is 27.8. The van der Waals surface area contributed by atoms with Gasteiger partial charge >= 0.3 is 8.60 Å². The van der Waals surface area contributed by atoms with E-state index in [1.54, 1.807) is 0 Å². The Kier molecular flexibility index (Phi) is 14.7. The highest BCUT2D eigenvalue weighted by Crippen LogP contribution is 2.35. The van der Waals surface area contributed by atoms with Crippen molar-refractivity contribution in [1.29, 1.82) is 0 Å². The molecule has 3 heterocycles. The Morgan fingerprint density at radius 3 is 1.71 bits per heavy atom. The van der Waals surface area contributed by atoms with E-state index >= 15 is 0 Å². The van der Waals surface area contributed by atoms with Gasteiger partial charge in [-0.05, 0) is 42.9 Å². The van der Waals surface area contributed by atoms with Crippen molar-refractivity contribution in [2.75, 3.05) is 39.3 Å². The van der Waals surface area contributed by atoms with Gasteiger partial charge in [0, 0.05) is 45.3 Å². The second-order valence-electron chi connectivity index (χ2n) is 12.9. The molecule has 45 heavy (non-hydrogen) atoms. The highest BCUT2D eigenvalue weighted by molar-refractivity contribution is 7.39. The third kappa shape index (κ3) is 11.7. The quantitative estimate of drug-likeness (QED) is 0.0639. The van der Waals surface area contributed by atoms with Gasteiger partial charge in [-0.3, -0.25) is 9.59 Å². The van der Waals surface area contributed by atoms with E-state index in [0.717, 1.165) is 58.5 Å². The van der Waals surface area contributed by atoms with Gasteiger partial charge in [0.2, 0.25) is 11.6 Å². The van der Waals surface area contributed by atoms with E-state index < -0.39 is 8.60 Å². The molecule has 1 aromatic rings. The number of nitrogens with zero attached hydrogens (tertiary/aromatic N) is 3. The minimum atomic E-state index is -2.36. The third-order valence-electron chi connectivity index (χ3n) is 8.98. The maximum Gasteiger partial charge on any atom is 0.391 e. The molecule has 0 unspecified atom stereocenters. The zero-order valence-corrected chi connectivity index (χ0v) is 28.7. The molecule has 8 nitrogen and oxygen atoms in total. The molecule has 1 aliphatic carbocycles. The highest BCUT2D eigenvalue weighted by atomic mass is 31.2. The van der Waals surface area contributed by atoms with Gasteiger partial charge in [0.25, 0.3) is 0 Å². The lowest BCUT2D eigenvalue weighted by Crippen LogP contribution is -2.29. The van der Waals surface area contributed by atoms with Gasteiger partial charge in [0.05, 0.1) is 5.70 Å². The molecule has 1 aromatic carbocycles. The predicted molar refractivity (Wildman–Crippen MR) is 182 cm³/mol. The largest absolute Gasteiger partial charge is 0.427 e. The summed E-state index contributed by atoms with van der Waals surface area (Å²) in [6.45, 7) is 9.91. The van der Waals surface area contributed by atoms with Gasteiger partial charge in [0.1, 0.15) is 17.1 Å². The van der Waals surface area contributed by atoms with Crippen LogP contribution in [0.3, 0.4) is 0 Å².